The maximum Gasteiger partial charge on any atom is 0.139 e. The van der Waals surface area contributed by atoms with Crippen LogP contribution in [0.3, 0.4) is 0 Å². The molecule has 2 N–H and O–H groups in total. The first kappa shape index (κ1) is 14.1. The molecule has 0 saturated carbocycles. The van der Waals surface area contributed by atoms with E-state index >= 15 is 0 Å². The van der Waals surface area contributed by atoms with E-state index in [1.807, 2.05) is 31.3 Å². The fourth-order valence-electron chi connectivity index (χ4n) is 2.03. The topological polar surface area (TPSA) is 59.1 Å². The number of aromatic nitrogens is 2. The largest absolute Gasteiger partial charge is 0.497 e. The van der Waals surface area contributed by atoms with Crippen LogP contribution in [0.2, 0.25) is 0 Å². The van der Waals surface area contributed by atoms with Crippen LogP contribution >= 0.6 is 0 Å². The Balaban J connectivity index is 2.27. The molecule has 106 valence electrons. The van der Waals surface area contributed by atoms with E-state index in [-0.39, 0.29) is 0 Å². The van der Waals surface area contributed by atoms with Gasteiger partial charge in [0, 0.05) is 18.3 Å². The van der Waals surface area contributed by atoms with Crippen molar-refractivity contribution in [1.29, 1.82) is 0 Å². The number of benzene rings is 1. The molecule has 0 atom stereocenters. The molecule has 0 unspecified atom stereocenters. The first-order chi connectivity index (χ1) is 9.78. The smallest absolute Gasteiger partial charge is 0.139 e. The van der Waals surface area contributed by atoms with Crippen LogP contribution in [0, 0.1) is 0 Å². The minimum absolute atomic E-state index is 0.836. The van der Waals surface area contributed by atoms with Gasteiger partial charge >= 0.3 is 0 Å². The summed E-state index contributed by atoms with van der Waals surface area (Å²) in [4.78, 5) is 8.61. The molecule has 0 fully saturated rings. The first-order valence-electron chi connectivity index (χ1n) is 6.71. The maximum absolute atomic E-state index is 5.15. The number of nitrogens with zero attached hydrogens (tertiary/aromatic N) is 2. The molecule has 5 heteroatoms. The van der Waals surface area contributed by atoms with Crippen LogP contribution < -0.4 is 15.4 Å². The lowest BCUT2D eigenvalue weighted by atomic mass is 10.1. The van der Waals surface area contributed by atoms with Crippen molar-refractivity contribution in [2.24, 2.45) is 0 Å². The van der Waals surface area contributed by atoms with E-state index in [1.165, 1.54) is 0 Å². The highest BCUT2D eigenvalue weighted by molar-refractivity contribution is 5.65. The predicted octanol–water partition coefficient (Wildman–Crippen LogP) is 3.22. The molecule has 1 heterocycles. The van der Waals surface area contributed by atoms with Gasteiger partial charge in [0.15, 0.2) is 0 Å². The molecule has 20 heavy (non-hydrogen) atoms. The van der Waals surface area contributed by atoms with Crippen molar-refractivity contribution in [3.8, 4) is 5.75 Å². The van der Waals surface area contributed by atoms with Gasteiger partial charge in [-0.3, -0.25) is 0 Å². The zero-order chi connectivity index (χ0) is 14.4. The fourth-order valence-corrected chi connectivity index (χ4v) is 2.03. The van der Waals surface area contributed by atoms with Crippen LogP contribution in [-0.4, -0.2) is 24.1 Å². The van der Waals surface area contributed by atoms with Crippen molar-refractivity contribution < 1.29 is 4.74 Å². The summed E-state index contributed by atoms with van der Waals surface area (Å²) in [5, 5.41) is 6.45. The standard InChI is InChI=1S/C15H20N4O/c1-4-5-13-14(16-2)17-10-18-15(13)19-11-6-8-12(20-3)9-7-11/h6-10H,4-5H2,1-3H3,(H2,16,17,18,19). The van der Waals surface area contributed by atoms with Crippen LogP contribution in [0.5, 0.6) is 5.75 Å². The molecule has 0 amide bonds. The third-order valence-corrected chi connectivity index (χ3v) is 3.03. The van der Waals surface area contributed by atoms with E-state index < -0.39 is 0 Å². The Morgan fingerprint density at radius 1 is 1.10 bits per heavy atom. The van der Waals surface area contributed by atoms with E-state index in [0.717, 1.165) is 41.5 Å². The molecule has 0 aliphatic carbocycles. The van der Waals surface area contributed by atoms with Gasteiger partial charge in [0.25, 0.3) is 0 Å². The van der Waals surface area contributed by atoms with Gasteiger partial charge in [-0.1, -0.05) is 13.3 Å². The number of hydrogen-bond donors (Lipinski definition) is 2. The molecule has 0 bridgehead atoms. The van der Waals surface area contributed by atoms with Gasteiger partial charge in [0.2, 0.25) is 0 Å². The second kappa shape index (κ2) is 6.75. The van der Waals surface area contributed by atoms with Crippen molar-refractivity contribution >= 4 is 17.3 Å². The molecular formula is C15H20N4O. The van der Waals surface area contributed by atoms with E-state index in [1.54, 1.807) is 13.4 Å². The molecule has 2 rings (SSSR count). The molecule has 0 aliphatic rings. The zero-order valence-corrected chi connectivity index (χ0v) is 12.1. The lowest BCUT2D eigenvalue weighted by Crippen LogP contribution is -2.05. The van der Waals surface area contributed by atoms with E-state index in [2.05, 4.69) is 27.5 Å². The lowest BCUT2D eigenvalue weighted by molar-refractivity contribution is 0.415. The molecular weight excluding hydrogens is 252 g/mol. The van der Waals surface area contributed by atoms with Gasteiger partial charge < -0.3 is 15.4 Å². The summed E-state index contributed by atoms with van der Waals surface area (Å²) in [6.07, 6.45) is 3.53. The number of nitrogens with one attached hydrogen (secondary N) is 2. The maximum atomic E-state index is 5.15. The summed E-state index contributed by atoms with van der Waals surface area (Å²) < 4.78 is 5.15. The summed E-state index contributed by atoms with van der Waals surface area (Å²) in [6, 6.07) is 7.77. The van der Waals surface area contributed by atoms with Crippen molar-refractivity contribution in [2.45, 2.75) is 19.8 Å². The molecule has 0 spiro atoms. The van der Waals surface area contributed by atoms with Gasteiger partial charge in [-0.15, -0.1) is 0 Å². The SMILES string of the molecule is CCCc1c(NC)ncnc1Nc1ccc(OC)cc1. The van der Waals surface area contributed by atoms with Gasteiger partial charge in [-0.2, -0.15) is 0 Å². The zero-order valence-electron chi connectivity index (χ0n) is 12.1. The van der Waals surface area contributed by atoms with Crippen LogP contribution in [-0.2, 0) is 6.42 Å². The summed E-state index contributed by atoms with van der Waals surface area (Å²) >= 11 is 0. The number of anilines is 3. The highest BCUT2D eigenvalue weighted by Gasteiger charge is 2.09. The molecule has 0 radical (unpaired) electrons. The molecule has 2 aromatic rings. The van der Waals surface area contributed by atoms with Crippen LogP contribution in [0.15, 0.2) is 30.6 Å². The fraction of sp³-hybridized carbons (Fsp3) is 0.333. The number of rotatable bonds is 6. The Hall–Kier alpha value is -2.30. The Morgan fingerprint density at radius 2 is 1.80 bits per heavy atom. The van der Waals surface area contributed by atoms with Crippen LogP contribution in [0.1, 0.15) is 18.9 Å². The third-order valence-electron chi connectivity index (χ3n) is 3.03. The van der Waals surface area contributed by atoms with Gasteiger partial charge in [0.1, 0.15) is 23.7 Å². The second-order valence-corrected chi connectivity index (χ2v) is 4.40. The molecule has 0 saturated heterocycles. The predicted molar refractivity (Wildman–Crippen MR) is 81.9 cm³/mol. The van der Waals surface area contributed by atoms with E-state index in [0.29, 0.717) is 0 Å². The van der Waals surface area contributed by atoms with E-state index in [9.17, 15) is 0 Å². The minimum atomic E-state index is 0.836. The quantitative estimate of drug-likeness (QED) is 0.845. The molecule has 1 aromatic carbocycles. The van der Waals surface area contributed by atoms with Crippen molar-refractivity contribution in [2.75, 3.05) is 24.8 Å². The van der Waals surface area contributed by atoms with Crippen molar-refractivity contribution in [3.05, 3.63) is 36.2 Å². The van der Waals surface area contributed by atoms with Crippen LogP contribution in [0.4, 0.5) is 17.3 Å². The summed E-state index contributed by atoms with van der Waals surface area (Å²) in [5.74, 6) is 2.55. The first-order valence-corrected chi connectivity index (χ1v) is 6.71. The van der Waals surface area contributed by atoms with Crippen LogP contribution in [0.25, 0.3) is 0 Å². The minimum Gasteiger partial charge on any atom is -0.497 e. The highest BCUT2D eigenvalue weighted by atomic mass is 16.5. The summed E-state index contributed by atoms with van der Waals surface area (Å²) in [6.45, 7) is 2.14. The van der Waals surface area contributed by atoms with Gasteiger partial charge in [0.05, 0.1) is 7.11 Å². The number of hydrogen-bond acceptors (Lipinski definition) is 5. The molecule has 5 nitrogen and oxygen atoms in total. The van der Waals surface area contributed by atoms with Crippen molar-refractivity contribution in [3.63, 3.8) is 0 Å². The normalized spacial score (nSPS) is 10.2. The summed E-state index contributed by atoms with van der Waals surface area (Å²) in [7, 11) is 3.53. The monoisotopic (exact) mass is 272 g/mol. The number of methoxy groups -OCH3 is 1. The molecule has 1 aromatic heterocycles. The van der Waals surface area contributed by atoms with Crippen molar-refractivity contribution in [1.82, 2.24) is 9.97 Å². The van der Waals surface area contributed by atoms with Gasteiger partial charge in [-0.25, -0.2) is 9.97 Å². The Morgan fingerprint density at radius 3 is 2.40 bits per heavy atom. The Bertz CT molecular complexity index is 554. The molecule has 0 aliphatic heterocycles. The Kier molecular flexibility index (Phi) is 4.76. The average molecular weight is 272 g/mol. The Labute approximate surface area is 119 Å². The average Bonchev–Trinajstić information content (AvgIpc) is 2.50. The second-order valence-electron chi connectivity index (χ2n) is 4.40. The highest BCUT2D eigenvalue weighted by Crippen LogP contribution is 2.25. The summed E-state index contributed by atoms with van der Waals surface area (Å²) in [5.41, 5.74) is 2.08. The number of ether oxygens (including phenoxy) is 1. The van der Waals surface area contributed by atoms with Gasteiger partial charge in [-0.05, 0) is 30.7 Å². The van der Waals surface area contributed by atoms with E-state index in [4.69, 9.17) is 4.74 Å². The lowest BCUT2D eigenvalue weighted by Gasteiger charge is -2.13. The third kappa shape index (κ3) is 3.17.